The third-order valence-electron chi connectivity index (χ3n) is 8.45. The van der Waals surface area contributed by atoms with Gasteiger partial charge < -0.3 is 24.8 Å². The fourth-order valence-electron chi connectivity index (χ4n) is 5.67. The molecule has 0 saturated carbocycles. The molecular weight excluding hydrogens is 456 g/mol. The molecule has 1 unspecified atom stereocenters. The van der Waals surface area contributed by atoms with E-state index in [0.717, 1.165) is 44.7 Å². The molecule has 36 heavy (non-hydrogen) atoms. The Morgan fingerprint density at radius 1 is 1.11 bits per heavy atom. The first-order valence-corrected chi connectivity index (χ1v) is 13.5. The molecule has 8 nitrogen and oxygen atoms in total. The molecule has 198 valence electrons. The largest absolute Gasteiger partial charge is 0.369 e. The third-order valence-corrected chi connectivity index (χ3v) is 8.45. The highest BCUT2D eigenvalue weighted by atomic mass is 16.5. The van der Waals surface area contributed by atoms with E-state index in [4.69, 9.17) is 4.74 Å². The van der Waals surface area contributed by atoms with Crippen molar-refractivity contribution in [1.29, 1.82) is 0 Å². The molecule has 0 radical (unpaired) electrons. The van der Waals surface area contributed by atoms with E-state index >= 15 is 0 Å². The Hall–Kier alpha value is -2.45. The maximum Gasteiger partial charge on any atom is 0.251 e. The van der Waals surface area contributed by atoms with Crippen molar-refractivity contribution in [3.05, 3.63) is 29.8 Å². The highest BCUT2D eigenvalue weighted by Crippen LogP contribution is 2.36. The predicted molar refractivity (Wildman–Crippen MR) is 140 cm³/mol. The molecule has 3 aliphatic rings. The lowest BCUT2D eigenvalue weighted by molar-refractivity contribution is -0.140. The van der Waals surface area contributed by atoms with Gasteiger partial charge in [0.1, 0.15) is 18.7 Å². The Bertz CT molecular complexity index is 955. The van der Waals surface area contributed by atoms with E-state index in [2.05, 4.69) is 29.1 Å². The van der Waals surface area contributed by atoms with E-state index in [0.29, 0.717) is 18.5 Å². The highest BCUT2D eigenvalue weighted by Gasteiger charge is 2.53. The number of carbonyl (C=O) groups excluding carboxylic acids is 3. The molecule has 4 rings (SSSR count). The van der Waals surface area contributed by atoms with Gasteiger partial charge in [0, 0.05) is 49.9 Å². The van der Waals surface area contributed by atoms with Crippen LogP contribution in [0, 0.1) is 11.3 Å². The highest BCUT2D eigenvalue weighted by molar-refractivity contribution is 5.99. The second kappa shape index (κ2) is 10.9. The maximum absolute atomic E-state index is 13.9. The summed E-state index contributed by atoms with van der Waals surface area (Å²) in [6.45, 7) is 12.6. The van der Waals surface area contributed by atoms with Crippen LogP contribution in [0.4, 0.5) is 5.69 Å². The Balaban J connectivity index is 1.50. The molecule has 3 aliphatic heterocycles. The average molecular weight is 499 g/mol. The SMILES string of the molecule is CCC[C@H]1CN(C(=O)C(NC(=O)c2ccc(N3CCN(C)CC3)cc2)C(C)(C)CC)[C@@H]2C(=O)CO[C@H]12. The van der Waals surface area contributed by atoms with Gasteiger partial charge in [0.05, 0.1) is 6.10 Å². The Morgan fingerprint density at radius 2 is 1.78 bits per heavy atom. The van der Waals surface area contributed by atoms with Crippen molar-refractivity contribution in [2.75, 3.05) is 51.3 Å². The minimum absolute atomic E-state index is 0.0363. The molecule has 8 heteroatoms. The van der Waals surface area contributed by atoms with Gasteiger partial charge in [-0.25, -0.2) is 0 Å². The molecule has 0 bridgehead atoms. The monoisotopic (exact) mass is 498 g/mol. The number of anilines is 1. The number of ketones is 1. The van der Waals surface area contributed by atoms with Crippen molar-refractivity contribution in [1.82, 2.24) is 15.1 Å². The van der Waals surface area contributed by atoms with Crippen LogP contribution in [-0.4, -0.2) is 92.0 Å². The Kier molecular flexibility index (Phi) is 8.05. The van der Waals surface area contributed by atoms with Gasteiger partial charge in [-0.3, -0.25) is 14.4 Å². The Morgan fingerprint density at radius 3 is 2.39 bits per heavy atom. The number of nitrogens with zero attached hydrogens (tertiary/aromatic N) is 3. The van der Waals surface area contributed by atoms with Gasteiger partial charge in [-0.15, -0.1) is 0 Å². The zero-order valence-electron chi connectivity index (χ0n) is 22.5. The van der Waals surface area contributed by atoms with Gasteiger partial charge in [0.25, 0.3) is 5.91 Å². The van der Waals surface area contributed by atoms with E-state index in [1.165, 1.54) is 0 Å². The normalized spacial score (nSPS) is 25.7. The zero-order chi connectivity index (χ0) is 26.0. The summed E-state index contributed by atoms with van der Waals surface area (Å²) in [5.41, 5.74) is 1.15. The first kappa shape index (κ1) is 26.6. The van der Waals surface area contributed by atoms with Crippen molar-refractivity contribution in [2.45, 2.75) is 65.1 Å². The van der Waals surface area contributed by atoms with Crippen LogP contribution < -0.4 is 10.2 Å². The van der Waals surface area contributed by atoms with E-state index in [9.17, 15) is 14.4 Å². The standard InChI is InChI=1S/C28H42N4O4/c1-6-8-20-17-32(23-22(33)18-36-24(20)23)27(35)25(28(3,4)7-2)29-26(34)19-9-11-21(12-10-19)31-15-13-30(5)14-16-31/h9-12,20,23-25H,6-8,13-18H2,1-5H3,(H,29,34)/t20-,23+,24+,25?/m0/s1. The zero-order valence-corrected chi connectivity index (χ0v) is 22.5. The summed E-state index contributed by atoms with van der Waals surface area (Å²) in [5, 5.41) is 3.04. The number of nitrogens with one attached hydrogen (secondary N) is 1. The number of amides is 2. The Labute approximate surface area is 215 Å². The van der Waals surface area contributed by atoms with Crippen LogP contribution >= 0.6 is 0 Å². The third kappa shape index (κ3) is 5.30. The summed E-state index contributed by atoms with van der Waals surface area (Å²) >= 11 is 0. The summed E-state index contributed by atoms with van der Waals surface area (Å²) in [6, 6.07) is 6.36. The van der Waals surface area contributed by atoms with Crippen LogP contribution in [0.3, 0.4) is 0 Å². The van der Waals surface area contributed by atoms with Gasteiger partial charge >= 0.3 is 0 Å². The summed E-state index contributed by atoms with van der Waals surface area (Å²) in [5.74, 6) is -0.337. The average Bonchev–Trinajstić information content (AvgIpc) is 3.43. The molecule has 1 aromatic carbocycles. The topological polar surface area (TPSA) is 82.2 Å². The lowest BCUT2D eigenvalue weighted by Gasteiger charge is -2.37. The number of Topliss-reactive ketones (excluding diaryl/α,β-unsaturated/α-hetero) is 1. The van der Waals surface area contributed by atoms with E-state index in [-0.39, 0.29) is 36.2 Å². The van der Waals surface area contributed by atoms with Gasteiger partial charge in [-0.05, 0) is 49.6 Å². The second-order valence-electron chi connectivity index (χ2n) is 11.3. The van der Waals surface area contributed by atoms with Crippen molar-refractivity contribution < 1.29 is 19.1 Å². The van der Waals surface area contributed by atoms with Gasteiger partial charge in [-0.2, -0.15) is 0 Å². The fourth-order valence-corrected chi connectivity index (χ4v) is 5.67. The first-order chi connectivity index (χ1) is 17.2. The number of ether oxygens (including phenoxy) is 1. The van der Waals surface area contributed by atoms with Gasteiger partial charge in [-0.1, -0.05) is 34.1 Å². The quantitative estimate of drug-likeness (QED) is 0.593. The lowest BCUT2D eigenvalue weighted by Crippen LogP contribution is -2.57. The van der Waals surface area contributed by atoms with Crippen molar-refractivity contribution in [2.24, 2.45) is 11.3 Å². The van der Waals surface area contributed by atoms with E-state index in [1.807, 2.05) is 45.0 Å². The predicted octanol–water partition coefficient (Wildman–Crippen LogP) is 2.57. The van der Waals surface area contributed by atoms with Crippen LogP contribution in [0.15, 0.2) is 24.3 Å². The fraction of sp³-hybridized carbons (Fsp3) is 0.679. The minimum atomic E-state index is -0.735. The number of carbonyl (C=O) groups is 3. The molecule has 2 amide bonds. The number of fused-ring (bicyclic) bond motifs is 1. The van der Waals surface area contributed by atoms with Gasteiger partial charge in [0.15, 0.2) is 5.78 Å². The summed E-state index contributed by atoms with van der Waals surface area (Å²) in [6.07, 6.45) is 2.35. The summed E-state index contributed by atoms with van der Waals surface area (Å²) in [7, 11) is 2.13. The van der Waals surface area contributed by atoms with Crippen molar-refractivity contribution in [3.63, 3.8) is 0 Å². The molecule has 0 aromatic heterocycles. The summed E-state index contributed by atoms with van der Waals surface area (Å²) < 4.78 is 5.81. The number of benzene rings is 1. The molecule has 3 heterocycles. The second-order valence-corrected chi connectivity index (χ2v) is 11.3. The molecular formula is C28H42N4O4. The molecule has 0 spiro atoms. The van der Waals surface area contributed by atoms with Gasteiger partial charge in [0.2, 0.25) is 5.91 Å². The summed E-state index contributed by atoms with van der Waals surface area (Å²) in [4.78, 5) is 46.3. The van der Waals surface area contributed by atoms with Crippen molar-refractivity contribution in [3.8, 4) is 0 Å². The van der Waals surface area contributed by atoms with Crippen molar-refractivity contribution >= 4 is 23.3 Å². The number of likely N-dealkylation sites (N-methyl/N-ethyl adjacent to an activating group) is 1. The van der Waals surface area contributed by atoms with Crippen LogP contribution in [0.5, 0.6) is 0 Å². The number of hydrogen-bond acceptors (Lipinski definition) is 6. The van der Waals surface area contributed by atoms with E-state index < -0.39 is 17.5 Å². The first-order valence-electron chi connectivity index (χ1n) is 13.5. The van der Waals surface area contributed by atoms with Crippen LogP contribution in [-0.2, 0) is 14.3 Å². The van der Waals surface area contributed by atoms with Crippen LogP contribution in [0.25, 0.3) is 0 Å². The number of likely N-dealkylation sites (tertiary alicyclic amines) is 1. The molecule has 3 saturated heterocycles. The molecule has 3 fully saturated rings. The number of piperazine rings is 1. The molecule has 1 aromatic rings. The smallest absolute Gasteiger partial charge is 0.251 e. The van der Waals surface area contributed by atoms with E-state index in [1.54, 1.807) is 4.90 Å². The van der Waals surface area contributed by atoms with Crippen LogP contribution in [0.2, 0.25) is 0 Å². The molecule has 0 aliphatic carbocycles. The number of hydrogen-bond donors (Lipinski definition) is 1. The molecule has 1 N–H and O–H groups in total. The van der Waals surface area contributed by atoms with Crippen LogP contribution in [0.1, 0.15) is 57.3 Å². The maximum atomic E-state index is 13.9. The minimum Gasteiger partial charge on any atom is -0.369 e. The molecule has 4 atom stereocenters. The number of rotatable bonds is 8. The lowest BCUT2D eigenvalue weighted by atomic mass is 9.80.